The Balaban J connectivity index is 2.11. The van der Waals surface area contributed by atoms with Gasteiger partial charge in [-0.25, -0.2) is 4.79 Å². The SMILES string of the molecule is COc1ccccc1NCC(NC(=O)O)c1ccccc1. The van der Waals surface area contributed by atoms with Crippen molar-refractivity contribution in [3.8, 4) is 5.75 Å². The first-order valence-corrected chi connectivity index (χ1v) is 6.62. The van der Waals surface area contributed by atoms with Crippen LogP contribution in [0.5, 0.6) is 5.75 Å². The molecule has 110 valence electrons. The molecular weight excluding hydrogens is 268 g/mol. The number of ether oxygens (including phenoxy) is 1. The molecule has 0 heterocycles. The second-order valence-electron chi connectivity index (χ2n) is 4.49. The van der Waals surface area contributed by atoms with Gasteiger partial charge in [0.15, 0.2) is 0 Å². The van der Waals surface area contributed by atoms with E-state index in [1.54, 1.807) is 7.11 Å². The zero-order chi connectivity index (χ0) is 15.1. The summed E-state index contributed by atoms with van der Waals surface area (Å²) in [6.45, 7) is 0.427. The topological polar surface area (TPSA) is 70.6 Å². The van der Waals surface area contributed by atoms with Crippen molar-refractivity contribution in [2.45, 2.75) is 6.04 Å². The molecule has 5 nitrogen and oxygen atoms in total. The highest BCUT2D eigenvalue weighted by Gasteiger charge is 2.14. The van der Waals surface area contributed by atoms with Crippen molar-refractivity contribution in [1.29, 1.82) is 0 Å². The van der Waals surface area contributed by atoms with Gasteiger partial charge in [-0.3, -0.25) is 0 Å². The Morgan fingerprint density at radius 3 is 2.48 bits per heavy atom. The van der Waals surface area contributed by atoms with Crippen LogP contribution < -0.4 is 15.4 Å². The van der Waals surface area contributed by atoms with E-state index in [2.05, 4.69) is 10.6 Å². The van der Waals surface area contributed by atoms with E-state index in [1.807, 2.05) is 54.6 Å². The van der Waals surface area contributed by atoms with Crippen LogP contribution in [0.1, 0.15) is 11.6 Å². The fraction of sp³-hybridized carbons (Fsp3) is 0.188. The average Bonchev–Trinajstić information content (AvgIpc) is 2.52. The van der Waals surface area contributed by atoms with E-state index in [0.29, 0.717) is 6.54 Å². The van der Waals surface area contributed by atoms with Crippen molar-refractivity contribution in [2.75, 3.05) is 19.0 Å². The van der Waals surface area contributed by atoms with E-state index in [1.165, 1.54) is 0 Å². The number of carbonyl (C=O) groups is 1. The van der Waals surface area contributed by atoms with Gasteiger partial charge in [0.05, 0.1) is 18.8 Å². The highest BCUT2D eigenvalue weighted by molar-refractivity contribution is 5.65. The molecule has 0 fully saturated rings. The van der Waals surface area contributed by atoms with Gasteiger partial charge in [-0.05, 0) is 17.7 Å². The van der Waals surface area contributed by atoms with Crippen molar-refractivity contribution in [3.05, 3.63) is 60.2 Å². The zero-order valence-electron chi connectivity index (χ0n) is 11.7. The number of anilines is 1. The van der Waals surface area contributed by atoms with Crippen LogP contribution in [0.3, 0.4) is 0 Å². The van der Waals surface area contributed by atoms with E-state index in [-0.39, 0.29) is 6.04 Å². The summed E-state index contributed by atoms with van der Waals surface area (Å²) >= 11 is 0. The lowest BCUT2D eigenvalue weighted by atomic mass is 10.1. The highest BCUT2D eigenvalue weighted by atomic mass is 16.5. The molecule has 0 aliphatic heterocycles. The normalized spacial score (nSPS) is 11.5. The summed E-state index contributed by atoms with van der Waals surface area (Å²) in [5.74, 6) is 0.722. The third-order valence-electron chi connectivity index (χ3n) is 3.10. The van der Waals surface area contributed by atoms with Crippen molar-refractivity contribution in [3.63, 3.8) is 0 Å². The number of rotatable bonds is 6. The number of hydrogen-bond acceptors (Lipinski definition) is 3. The number of carboxylic acid groups (broad SMARTS) is 1. The number of benzene rings is 2. The van der Waals surface area contributed by atoms with Crippen LogP contribution in [0, 0.1) is 0 Å². The summed E-state index contributed by atoms with van der Waals surface area (Å²) in [6, 6.07) is 16.6. The standard InChI is InChI=1S/C16H18N2O3/c1-21-15-10-6-5-9-13(15)17-11-14(18-16(19)20)12-7-3-2-4-8-12/h2-10,14,17-18H,11H2,1H3,(H,19,20). The molecule has 0 radical (unpaired) electrons. The van der Waals surface area contributed by atoms with Crippen molar-refractivity contribution < 1.29 is 14.6 Å². The first-order valence-electron chi connectivity index (χ1n) is 6.62. The van der Waals surface area contributed by atoms with Gasteiger partial charge >= 0.3 is 6.09 Å². The molecule has 2 rings (SSSR count). The predicted octanol–water partition coefficient (Wildman–Crippen LogP) is 3.12. The van der Waals surface area contributed by atoms with Gasteiger partial charge in [0.1, 0.15) is 5.75 Å². The Morgan fingerprint density at radius 2 is 1.81 bits per heavy atom. The second-order valence-corrected chi connectivity index (χ2v) is 4.49. The average molecular weight is 286 g/mol. The zero-order valence-corrected chi connectivity index (χ0v) is 11.7. The molecule has 0 aliphatic rings. The Bertz CT molecular complexity index is 587. The van der Waals surface area contributed by atoms with E-state index < -0.39 is 6.09 Å². The third kappa shape index (κ3) is 4.14. The van der Waals surface area contributed by atoms with Crippen molar-refractivity contribution >= 4 is 11.8 Å². The summed E-state index contributed by atoms with van der Waals surface area (Å²) in [5, 5.41) is 14.7. The Labute approximate surface area is 123 Å². The van der Waals surface area contributed by atoms with Gasteiger partial charge < -0.3 is 20.5 Å². The van der Waals surface area contributed by atoms with E-state index >= 15 is 0 Å². The summed E-state index contributed by atoms with van der Waals surface area (Å²) in [5.41, 5.74) is 1.73. The molecule has 0 spiro atoms. The van der Waals surface area contributed by atoms with E-state index in [4.69, 9.17) is 9.84 Å². The molecular formula is C16H18N2O3. The molecule has 1 unspecified atom stereocenters. The molecule has 2 aromatic rings. The fourth-order valence-electron chi connectivity index (χ4n) is 2.09. The van der Waals surface area contributed by atoms with Crippen LogP contribution in [-0.4, -0.2) is 24.9 Å². The molecule has 5 heteroatoms. The molecule has 0 aromatic heterocycles. The molecule has 0 aliphatic carbocycles. The summed E-state index contributed by atoms with van der Waals surface area (Å²) in [4.78, 5) is 11.0. The molecule has 1 amide bonds. The first kappa shape index (κ1) is 14.7. The number of amides is 1. The van der Waals surface area contributed by atoms with Gasteiger partial charge in [-0.2, -0.15) is 0 Å². The van der Waals surface area contributed by atoms with Gasteiger partial charge in [-0.1, -0.05) is 42.5 Å². The van der Waals surface area contributed by atoms with Crippen molar-refractivity contribution in [1.82, 2.24) is 5.32 Å². The number of nitrogens with one attached hydrogen (secondary N) is 2. The maximum absolute atomic E-state index is 11.0. The van der Waals surface area contributed by atoms with Gasteiger partial charge in [-0.15, -0.1) is 0 Å². The van der Waals surface area contributed by atoms with E-state index in [9.17, 15) is 4.79 Å². The van der Waals surface area contributed by atoms with Gasteiger partial charge in [0.2, 0.25) is 0 Å². The van der Waals surface area contributed by atoms with Gasteiger partial charge in [0.25, 0.3) is 0 Å². The van der Waals surface area contributed by atoms with Crippen LogP contribution in [0.25, 0.3) is 0 Å². The maximum atomic E-state index is 11.0. The number of para-hydroxylation sites is 2. The number of hydrogen-bond donors (Lipinski definition) is 3. The van der Waals surface area contributed by atoms with Crippen LogP contribution >= 0.6 is 0 Å². The summed E-state index contributed by atoms with van der Waals surface area (Å²) in [6.07, 6.45) is -1.05. The van der Waals surface area contributed by atoms with Crippen LogP contribution in [0.2, 0.25) is 0 Å². The minimum absolute atomic E-state index is 0.339. The largest absolute Gasteiger partial charge is 0.495 e. The minimum atomic E-state index is -1.05. The summed E-state index contributed by atoms with van der Waals surface area (Å²) in [7, 11) is 1.60. The smallest absolute Gasteiger partial charge is 0.405 e. The molecule has 3 N–H and O–H groups in total. The third-order valence-corrected chi connectivity index (χ3v) is 3.10. The minimum Gasteiger partial charge on any atom is -0.495 e. The van der Waals surface area contributed by atoms with Crippen LogP contribution in [0.4, 0.5) is 10.5 Å². The van der Waals surface area contributed by atoms with Crippen molar-refractivity contribution in [2.24, 2.45) is 0 Å². The van der Waals surface area contributed by atoms with E-state index in [0.717, 1.165) is 17.0 Å². The lowest BCUT2D eigenvalue weighted by Crippen LogP contribution is -2.31. The molecule has 2 aromatic carbocycles. The first-order chi connectivity index (χ1) is 10.2. The quantitative estimate of drug-likeness (QED) is 0.763. The molecule has 0 saturated heterocycles. The molecule has 21 heavy (non-hydrogen) atoms. The van der Waals surface area contributed by atoms with Crippen LogP contribution in [-0.2, 0) is 0 Å². The fourth-order valence-corrected chi connectivity index (χ4v) is 2.09. The molecule has 1 atom stereocenters. The maximum Gasteiger partial charge on any atom is 0.405 e. The lowest BCUT2D eigenvalue weighted by molar-refractivity contribution is 0.190. The lowest BCUT2D eigenvalue weighted by Gasteiger charge is -2.19. The highest BCUT2D eigenvalue weighted by Crippen LogP contribution is 2.24. The molecule has 0 saturated carbocycles. The van der Waals surface area contributed by atoms with Crippen LogP contribution in [0.15, 0.2) is 54.6 Å². The Kier molecular flexibility index (Phi) is 5.04. The Morgan fingerprint density at radius 1 is 1.14 bits per heavy atom. The molecule has 0 bridgehead atoms. The Hall–Kier alpha value is -2.69. The second kappa shape index (κ2) is 7.19. The predicted molar refractivity (Wildman–Crippen MR) is 81.8 cm³/mol. The van der Waals surface area contributed by atoms with Gasteiger partial charge in [0, 0.05) is 6.54 Å². The summed E-state index contributed by atoms with van der Waals surface area (Å²) < 4.78 is 5.27. The number of methoxy groups -OCH3 is 1. The monoisotopic (exact) mass is 286 g/mol.